The van der Waals surface area contributed by atoms with Crippen LogP contribution in [0, 0.1) is 5.92 Å². The molecule has 1 atom stereocenters. The highest BCUT2D eigenvalue weighted by atomic mass is 35.5. The Hall–Kier alpha value is -2.33. The summed E-state index contributed by atoms with van der Waals surface area (Å²) in [6.45, 7) is 4.37. The molecular formula is C21H25ClN2O2. The van der Waals surface area contributed by atoms with E-state index in [1.807, 2.05) is 62.4 Å². The second kappa shape index (κ2) is 9.39. The van der Waals surface area contributed by atoms with Gasteiger partial charge >= 0.3 is 0 Å². The lowest BCUT2D eigenvalue weighted by molar-refractivity contribution is -0.136. The monoisotopic (exact) mass is 372 g/mol. The Labute approximate surface area is 160 Å². The van der Waals surface area contributed by atoms with Gasteiger partial charge in [-0.3, -0.25) is 9.59 Å². The van der Waals surface area contributed by atoms with Crippen molar-refractivity contribution >= 4 is 23.4 Å². The highest BCUT2D eigenvalue weighted by Gasteiger charge is 2.26. The van der Waals surface area contributed by atoms with Gasteiger partial charge < -0.3 is 10.2 Å². The Morgan fingerprint density at radius 3 is 2.38 bits per heavy atom. The molecule has 0 spiro atoms. The van der Waals surface area contributed by atoms with Gasteiger partial charge in [0.25, 0.3) is 0 Å². The Morgan fingerprint density at radius 2 is 1.77 bits per heavy atom. The minimum atomic E-state index is -0.702. The first kappa shape index (κ1) is 20.0. The van der Waals surface area contributed by atoms with Crippen molar-refractivity contribution in [3.8, 4) is 0 Å². The zero-order valence-electron chi connectivity index (χ0n) is 15.4. The number of likely N-dealkylation sites (N-methyl/N-ethyl adjacent to an activating group) is 1. The topological polar surface area (TPSA) is 49.4 Å². The molecule has 2 rings (SSSR count). The van der Waals surface area contributed by atoms with E-state index in [0.29, 0.717) is 18.0 Å². The van der Waals surface area contributed by atoms with Crippen LogP contribution in [0.2, 0.25) is 5.02 Å². The molecule has 0 aromatic heterocycles. The number of benzene rings is 2. The molecule has 26 heavy (non-hydrogen) atoms. The van der Waals surface area contributed by atoms with Gasteiger partial charge in [0.2, 0.25) is 11.8 Å². The van der Waals surface area contributed by atoms with Gasteiger partial charge in [-0.15, -0.1) is 0 Å². The summed E-state index contributed by atoms with van der Waals surface area (Å²) in [6.07, 6.45) is 0.384. The lowest BCUT2D eigenvalue weighted by Gasteiger charge is -2.25. The predicted octanol–water partition coefficient (Wildman–Crippen LogP) is 4.20. The summed E-state index contributed by atoms with van der Waals surface area (Å²) in [6, 6.07) is 16.0. The molecule has 2 aromatic rings. The van der Waals surface area contributed by atoms with Gasteiger partial charge in [-0.25, -0.2) is 0 Å². The van der Waals surface area contributed by atoms with E-state index < -0.39 is 6.04 Å². The summed E-state index contributed by atoms with van der Waals surface area (Å²) in [5.74, 6) is -0.0580. The van der Waals surface area contributed by atoms with Crippen molar-refractivity contribution in [3.05, 3.63) is 70.7 Å². The number of halogens is 1. The third-order valence-electron chi connectivity index (χ3n) is 3.96. The average molecular weight is 373 g/mol. The molecule has 1 N–H and O–H groups in total. The number of amides is 2. The van der Waals surface area contributed by atoms with Crippen molar-refractivity contribution in [2.75, 3.05) is 7.05 Å². The molecule has 0 aliphatic carbocycles. The van der Waals surface area contributed by atoms with Crippen LogP contribution in [0.4, 0.5) is 0 Å². The number of nitrogens with zero attached hydrogens (tertiary/aromatic N) is 1. The Balaban J connectivity index is 2.17. The van der Waals surface area contributed by atoms with Crippen LogP contribution < -0.4 is 5.32 Å². The lowest BCUT2D eigenvalue weighted by atomic mass is 10.0. The highest BCUT2D eigenvalue weighted by molar-refractivity contribution is 6.30. The zero-order valence-corrected chi connectivity index (χ0v) is 16.2. The van der Waals surface area contributed by atoms with E-state index in [1.54, 1.807) is 18.0 Å². The van der Waals surface area contributed by atoms with Gasteiger partial charge in [-0.1, -0.05) is 67.9 Å². The maximum atomic E-state index is 13.0. The molecule has 0 aliphatic rings. The van der Waals surface area contributed by atoms with Gasteiger partial charge in [-0.05, 0) is 29.2 Å². The van der Waals surface area contributed by atoms with E-state index in [9.17, 15) is 9.59 Å². The summed E-state index contributed by atoms with van der Waals surface area (Å²) in [5, 5.41) is 3.52. The number of nitrogens with one attached hydrogen (secondary N) is 1. The molecule has 0 radical (unpaired) electrons. The van der Waals surface area contributed by atoms with Crippen molar-refractivity contribution < 1.29 is 9.59 Å². The van der Waals surface area contributed by atoms with Gasteiger partial charge in [0.05, 0.1) is 0 Å². The van der Waals surface area contributed by atoms with Crippen LogP contribution in [0.1, 0.15) is 37.4 Å². The summed E-state index contributed by atoms with van der Waals surface area (Å²) in [7, 11) is 1.73. The van der Waals surface area contributed by atoms with Crippen molar-refractivity contribution in [2.45, 2.75) is 32.9 Å². The Bertz CT molecular complexity index is 747. The van der Waals surface area contributed by atoms with Gasteiger partial charge in [-0.2, -0.15) is 0 Å². The van der Waals surface area contributed by atoms with E-state index in [0.717, 1.165) is 11.1 Å². The van der Waals surface area contributed by atoms with Crippen molar-refractivity contribution in [2.24, 2.45) is 5.92 Å². The first-order valence-corrected chi connectivity index (χ1v) is 9.08. The van der Waals surface area contributed by atoms with E-state index >= 15 is 0 Å². The fraction of sp³-hybridized carbons (Fsp3) is 0.333. The molecule has 2 amide bonds. The fourth-order valence-electron chi connectivity index (χ4n) is 2.73. The van der Waals surface area contributed by atoms with Crippen LogP contribution in [-0.2, 0) is 16.1 Å². The van der Waals surface area contributed by atoms with Crippen LogP contribution in [0.25, 0.3) is 0 Å². The fourth-order valence-corrected chi connectivity index (χ4v) is 2.94. The van der Waals surface area contributed by atoms with Crippen LogP contribution >= 0.6 is 11.6 Å². The molecule has 1 unspecified atom stereocenters. The molecule has 0 saturated carbocycles. The first-order chi connectivity index (χ1) is 12.4. The third-order valence-corrected chi connectivity index (χ3v) is 4.20. The third kappa shape index (κ3) is 5.88. The largest absolute Gasteiger partial charge is 0.341 e. The van der Waals surface area contributed by atoms with Gasteiger partial charge in [0, 0.05) is 25.0 Å². The van der Waals surface area contributed by atoms with Crippen LogP contribution in [0.15, 0.2) is 54.6 Å². The Kier molecular flexibility index (Phi) is 7.22. The Morgan fingerprint density at radius 1 is 1.08 bits per heavy atom. The van der Waals surface area contributed by atoms with Gasteiger partial charge in [0.15, 0.2) is 0 Å². The van der Waals surface area contributed by atoms with Gasteiger partial charge in [0.1, 0.15) is 6.04 Å². The summed E-state index contributed by atoms with van der Waals surface area (Å²) in [5.41, 5.74) is 1.71. The van der Waals surface area contributed by atoms with E-state index in [-0.39, 0.29) is 17.7 Å². The molecule has 0 bridgehead atoms. The molecule has 0 fully saturated rings. The number of rotatable bonds is 7. The number of carbonyl (C=O) groups is 2. The van der Waals surface area contributed by atoms with E-state index in [2.05, 4.69) is 5.32 Å². The molecule has 4 nitrogen and oxygen atoms in total. The highest BCUT2D eigenvalue weighted by Crippen LogP contribution is 2.18. The van der Waals surface area contributed by atoms with Crippen molar-refractivity contribution in [1.29, 1.82) is 0 Å². The van der Waals surface area contributed by atoms with Crippen LogP contribution in [0.3, 0.4) is 0 Å². The molecule has 2 aromatic carbocycles. The molecule has 5 heteroatoms. The minimum absolute atomic E-state index is 0.127. The summed E-state index contributed by atoms with van der Waals surface area (Å²) >= 11 is 6.02. The lowest BCUT2D eigenvalue weighted by Crippen LogP contribution is -2.41. The SMILES string of the molecule is CC(C)CC(=O)NC(C(=O)N(C)Cc1cccc(Cl)c1)c1ccccc1. The maximum absolute atomic E-state index is 13.0. The number of carbonyl (C=O) groups excluding carboxylic acids is 2. The van der Waals surface area contributed by atoms with E-state index in [1.165, 1.54) is 0 Å². The molecule has 0 aliphatic heterocycles. The second-order valence-electron chi connectivity index (χ2n) is 6.83. The van der Waals surface area contributed by atoms with Crippen molar-refractivity contribution in [1.82, 2.24) is 10.2 Å². The zero-order chi connectivity index (χ0) is 19.1. The summed E-state index contributed by atoms with van der Waals surface area (Å²) < 4.78 is 0. The standard InChI is InChI=1S/C21H25ClN2O2/c1-15(2)12-19(25)23-20(17-9-5-4-6-10-17)21(26)24(3)14-16-8-7-11-18(22)13-16/h4-11,13,15,20H,12,14H2,1-3H3,(H,23,25). The van der Waals surface area contributed by atoms with Crippen molar-refractivity contribution in [3.63, 3.8) is 0 Å². The quantitative estimate of drug-likeness (QED) is 0.791. The minimum Gasteiger partial charge on any atom is -0.341 e. The van der Waals surface area contributed by atoms with Crippen LogP contribution in [-0.4, -0.2) is 23.8 Å². The number of hydrogen-bond donors (Lipinski definition) is 1. The van der Waals surface area contributed by atoms with E-state index in [4.69, 9.17) is 11.6 Å². The normalized spacial score (nSPS) is 11.9. The second-order valence-corrected chi connectivity index (χ2v) is 7.27. The molecular weight excluding hydrogens is 348 g/mol. The molecule has 138 valence electrons. The molecule has 0 heterocycles. The average Bonchev–Trinajstić information content (AvgIpc) is 2.59. The maximum Gasteiger partial charge on any atom is 0.249 e. The first-order valence-electron chi connectivity index (χ1n) is 8.70. The van der Waals surface area contributed by atoms with Crippen LogP contribution in [0.5, 0.6) is 0 Å². The summed E-state index contributed by atoms with van der Waals surface area (Å²) in [4.78, 5) is 26.9. The molecule has 0 saturated heterocycles. The smallest absolute Gasteiger partial charge is 0.249 e. The predicted molar refractivity (Wildman–Crippen MR) is 105 cm³/mol. The number of hydrogen-bond acceptors (Lipinski definition) is 2.